The van der Waals surface area contributed by atoms with Gasteiger partial charge in [-0.25, -0.2) is 0 Å². The Morgan fingerprint density at radius 1 is 0.700 bits per heavy atom. The lowest BCUT2D eigenvalue weighted by Gasteiger charge is -2.18. The minimum Gasteiger partial charge on any atom is -0.466 e. The van der Waals surface area contributed by atoms with E-state index in [9.17, 15) is 29.1 Å². The normalized spacial score (nSPS) is 11.8. The van der Waals surface area contributed by atoms with Gasteiger partial charge < -0.3 is 35.3 Å². The lowest BCUT2D eigenvalue weighted by atomic mass is 9.95. The molecule has 0 radical (unpaired) electrons. The van der Waals surface area contributed by atoms with Gasteiger partial charge >= 0.3 is 11.9 Å². The van der Waals surface area contributed by atoms with Crippen molar-refractivity contribution in [2.75, 3.05) is 39.4 Å². The van der Waals surface area contributed by atoms with Crippen molar-refractivity contribution in [3.05, 3.63) is 0 Å². The number of ether oxygens (including phenoxy) is 2. The Balaban J connectivity index is 0. The highest BCUT2D eigenvalue weighted by molar-refractivity contribution is 5.77. The summed E-state index contributed by atoms with van der Waals surface area (Å²) in [5.74, 6) is -0.520. The van der Waals surface area contributed by atoms with E-state index < -0.39 is 6.10 Å². The molecule has 40 heavy (non-hydrogen) atoms. The molecule has 0 rings (SSSR count). The highest BCUT2D eigenvalue weighted by Crippen LogP contribution is 2.17. The molecule has 0 bridgehead atoms. The molecule has 0 aromatic rings. The summed E-state index contributed by atoms with van der Waals surface area (Å²) in [5.41, 5.74) is 0. The zero-order chi connectivity index (χ0) is 30.6. The van der Waals surface area contributed by atoms with E-state index in [1.165, 1.54) is 6.92 Å². The lowest BCUT2D eigenvalue weighted by molar-refractivity contribution is -0.144. The van der Waals surface area contributed by atoms with Crippen LogP contribution >= 0.6 is 0 Å². The Kier molecular flexibility index (Phi) is 27.7. The van der Waals surface area contributed by atoms with Gasteiger partial charge in [-0.15, -0.1) is 0 Å². The molecule has 11 heteroatoms. The number of hydrogen-bond donors (Lipinski definition) is 4. The molecular formula is C29H55N3O8. The number of carbonyl (C=O) groups excluding carboxylic acids is 5. The zero-order valence-corrected chi connectivity index (χ0v) is 25.5. The van der Waals surface area contributed by atoms with Crippen molar-refractivity contribution in [2.45, 2.75) is 111 Å². The second-order valence-corrected chi connectivity index (χ2v) is 9.65. The Bertz CT molecular complexity index is 701. The number of aliphatic hydroxyl groups is 1. The molecule has 234 valence electrons. The van der Waals surface area contributed by atoms with E-state index >= 15 is 0 Å². The summed E-state index contributed by atoms with van der Waals surface area (Å²) in [5, 5.41) is 18.4. The molecular weight excluding hydrogens is 518 g/mol. The number of hydrogen-bond acceptors (Lipinski definition) is 9. The third-order valence-corrected chi connectivity index (χ3v) is 5.76. The van der Waals surface area contributed by atoms with Gasteiger partial charge in [-0.05, 0) is 64.7 Å². The molecule has 2 amide bonds. The van der Waals surface area contributed by atoms with E-state index in [0.717, 1.165) is 6.42 Å². The molecule has 0 aromatic heterocycles. The summed E-state index contributed by atoms with van der Waals surface area (Å²) < 4.78 is 10.2. The minimum absolute atomic E-state index is 0.0238. The first-order valence-corrected chi connectivity index (χ1v) is 14.8. The number of amides is 2. The molecule has 0 spiro atoms. The Hall–Kier alpha value is -2.53. The van der Waals surface area contributed by atoms with Crippen molar-refractivity contribution >= 4 is 29.5 Å². The SMILES string of the molecule is CC.CC(=O)CCCCC(=O)NCCNCCNC(=O)CCCCC(=O)OCCC(CCOC(C)=O)CC(C)O. The number of rotatable bonds is 24. The van der Waals surface area contributed by atoms with Crippen LogP contribution in [-0.2, 0) is 33.4 Å². The van der Waals surface area contributed by atoms with Gasteiger partial charge in [-0.3, -0.25) is 19.2 Å². The Labute approximate surface area is 240 Å². The number of unbranched alkanes of at least 4 members (excludes halogenated alkanes) is 2. The first-order valence-electron chi connectivity index (χ1n) is 14.8. The number of esters is 2. The molecule has 0 aliphatic carbocycles. The largest absolute Gasteiger partial charge is 0.466 e. The third kappa shape index (κ3) is 30.0. The quantitative estimate of drug-likeness (QED) is 0.101. The molecule has 0 saturated heterocycles. The van der Waals surface area contributed by atoms with Gasteiger partial charge in [0.05, 0.1) is 19.3 Å². The van der Waals surface area contributed by atoms with E-state index in [0.29, 0.717) is 84.0 Å². The smallest absolute Gasteiger partial charge is 0.305 e. The van der Waals surface area contributed by atoms with Crippen LogP contribution in [0.4, 0.5) is 0 Å². The number of carbonyl (C=O) groups is 5. The fourth-order valence-corrected chi connectivity index (χ4v) is 3.74. The number of aliphatic hydroxyl groups excluding tert-OH is 1. The summed E-state index contributed by atoms with van der Waals surface area (Å²) in [6.45, 7) is 11.3. The molecule has 0 heterocycles. The van der Waals surface area contributed by atoms with Crippen molar-refractivity contribution in [2.24, 2.45) is 5.92 Å². The van der Waals surface area contributed by atoms with Crippen LogP contribution < -0.4 is 16.0 Å². The van der Waals surface area contributed by atoms with Crippen LogP contribution in [0.5, 0.6) is 0 Å². The van der Waals surface area contributed by atoms with Gasteiger partial charge in [0.15, 0.2) is 0 Å². The maximum atomic E-state index is 11.9. The summed E-state index contributed by atoms with van der Waals surface area (Å²) in [4.78, 5) is 57.3. The number of nitrogens with one attached hydrogen (secondary N) is 3. The number of Topliss-reactive ketones (excluding diaryl/α,β-unsaturated/α-hetero) is 1. The molecule has 0 saturated carbocycles. The molecule has 4 N–H and O–H groups in total. The average Bonchev–Trinajstić information content (AvgIpc) is 2.89. The van der Waals surface area contributed by atoms with Crippen molar-refractivity contribution in [1.29, 1.82) is 0 Å². The summed E-state index contributed by atoms with van der Waals surface area (Å²) in [6, 6.07) is 0. The van der Waals surface area contributed by atoms with Crippen LogP contribution in [0, 0.1) is 5.92 Å². The van der Waals surface area contributed by atoms with Crippen molar-refractivity contribution in [3.63, 3.8) is 0 Å². The molecule has 0 aliphatic heterocycles. The molecule has 2 atom stereocenters. The van der Waals surface area contributed by atoms with E-state index in [1.54, 1.807) is 13.8 Å². The fourth-order valence-electron chi connectivity index (χ4n) is 3.74. The second kappa shape index (κ2) is 28.0. The lowest BCUT2D eigenvalue weighted by Crippen LogP contribution is -2.36. The van der Waals surface area contributed by atoms with Crippen LogP contribution in [0.2, 0.25) is 0 Å². The third-order valence-electron chi connectivity index (χ3n) is 5.76. The van der Waals surface area contributed by atoms with Gasteiger partial charge in [-0.1, -0.05) is 13.8 Å². The van der Waals surface area contributed by atoms with E-state index in [-0.39, 0.29) is 55.1 Å². The van der Waals surface area contributed by atoms with Crippen LogP contribution in [0.25, 0.3) is 0 Å². The summed E-state index contributed by atoms with van der Waals surface area (Å²) in [6.07, 6.45) is 5.35. The van der Waals surface area contributed by atoms with Crippen molar-refractivity contribution < 1.29 is 38.6 Å². The summed E-state index contributed by atoms with van der Waals surface area (Å²) >= 11 is 0. The maximum Gasteiger partial charge on any atom is 0.305 e. The Morgan fingerprint density at radius 2 is 1.18 bits per heavy atom. The molecule has 0 aliphatic rings. The number of ketones is 1. The molecule has 0 aromatic carbocycles. The van der Waals surface area contributed by atoms with E-state index in [1.807, 2.05) is 13.8 Å². The first-order chi connectivity index (χ1) is 19.1. The Morgan fingerprint density at radius 3 is 1.65 bits per heavy atom. The second-order valence-electron chi connectivity index (χ2n) is 9.65. The molecule has 2 unspecified atom stereocenters. The maximum absolute atomic E-state index is 11.9. The highest BCUT2D eigenvalue weighted by Gasteiger charge is 2.14. The zero-order valence-electron chi connectivity index (χ0n) is 25.5. The average molecular weight is 574 g/mol. The van der Waals surface area contributed by atoms with Gasteiger partial charge in [0, 0.05) is 58.8 Å². The molecule has 0 fully saturated rings. The van der Waals surface area contributed by atoms with E-state index in [4.69, 9.17) is 9.47 Å². The van der Waals surface area contributed by atoms with Crippen molar-refractivity contribution in [1.82, 2.24) is 16.0 Å². The predicted octanol–water partition coefficient (Wildman–Crippen LogP) is 2.82. The summed E-state index contributed by atoms with van der Waals surface area (Å²) in [7, 11) is 0. The topological polar surface area (TPSA) is 160 Å². The van der Waals surface area contributed by atoms with Gasteiger partial charge in [-0.2, -0.15) is 0 Å². The van der Waals surface area contributed by atoms with Gasteiger partial charge in [0.25, 0.3) is 0 Å². The van der Waals surface area contributed by atoms with Gasteiger partial charge in [0.2, 0.25) is 11.8 Å². The van der Waals surface area contributed by atoms with Crippen LogP contribution in [0.15, 0.2) is 0 Å². The van der Waals surface area contributed by atoms with Crippen LogP contribution in [0.1, 0.15) is 105 Å². The monoisotopic (exact) mass is 573 g/mol. The predicted molar refractivity (Wildman–Crippen MR) is 154 cm³/mol. The highest BCUT2D eigenvalue weighted by atomic mass is 16.5. The molecule has 11 nitrogen and oxygen atoms in total. The fraction of sp³-hybridized carbons (Fsp3) is 0.828. The van der Waals surface area contributed by atoms with Crippen LogP contribution in [-0.4, -0.2) is 80.1 Å². The van der Waals surface area contributed by atoms with Gasteiger partial charge in [0.1, 0.15) is 5.78 Å². The standard InChI is InChI=1S/C27H49N3O8.C2H6/c1-21(31)8-4-5-9-25(34)29-16-14-28-15-17-30-26(35)10-6-7-11-27(36)38-19-13-24(20-22(2)32)12-18-37-23(3)33;1-2/h22,24,28,32H,4-20H2,1-3H3,(H,29,34)(H,30,35);1-2H3. The van der Waals surface area contributed by atoms with Crippen molar-refractivity contribution in [3.8, 4) is 0 Å². The van der Waals surface area contributed by atoms with E-state index in [2.05, 4.69) is 16.0 Å². The first kappa shape index (κ1) is 39.6. The minimum atomic E-state index is -0.483. The van der Waals surface area contributed by atoms with Crippen LogP contribution in [0.3, 0.4) is 0 Å².